The molecule has 3 aliphatic rings. The number of anilines is 3. The van der Waals surface area contributed by atoms with Gasteiger partial charge in [-0.05, 0) is 59.6 Å². The first-order chi connectivity index (χ1) is 17.0. The zero-order valence-corrected chi connectivity index (χ0v) is 21.4. The third kappa shape index (κ3) is 4.10. The Labute approximate surface area is 210 Å². The van der Waals surface area contributed by atoms with E-state index in [0.29, 0.717) is 49.7 Å². The number of hydrogen-bond acceptors (Lipinski definition) is 8. The molecule has 0 N–H and O–H groups in total. The molecule has 1 saturated carbocycles. The highest BCUT2D eigenvalue weighted by Gasteiger charge is 2.56. The van der Waals surface area contributed by atoms with Crippen LogP contribution in [-0.2, 0) is 10.2 Å². The number of pyridine rings is 1. The highest BCUT2D eigenvalue weighted by Crippen LogP contribution is 2.57. The molecule has 2 aromatic rings. The van der Waals surface area contributed by atoms with Gasteiger partial charge < -0.3 is 19.4 Å². The summed E-state index contributed by atoms with van der Waals surface area (Å²) in [5, 5.41) is 9.37. The Bertz CT molecular complexity index is 1220. The van der Waals surface area contributed by atoms with Gasteiger partial charge in [-0.25, -0.2) is 24.1 Å². The lowest BCUT2D eigenvalue weighted by Gasteiger charge is -2.47. The molecule has 2 fully saturated rings. The van der Waals surface area contributed by atoms with E-state index in [9.17, 15) is 14.4 Å². The zero-order valence-electron chi connectivity index (χ0n) is 21.4. The second kappa shape index (κ2) is 8.57. The van der Waals surface area contributed by atoms with Crippen molar-refractivity contribution in [3.05, 3.63) is 35.8 Å². The minimum absolute atomic E-state index is 0.0277. The summed E-state index contributed by atoms with van der Waals surface area (Å²) >= 11 is 0. The highest BCUT2D eigenvalue weighted by atomic mass is 19.1. The number of nitriles is 1. The van der Waals surface area contributed by atoms with Gasteiger partial charge in [0.25, 0.3) is 0 Å². The van der Waals surface area contributed by atoms with Crippen molar-refractivity contribution >= 4 is 23.5 Å². The molecule has 1 spiro atoms. The lowest BCUT2D eigenvalue weighted by Crippen LogP contribution is -2.59. The molecule has 1 saturated heterocycles. The third-order valence-corrected chi connectivity index (χ3v) is 7.32. The largest absolute Gasteiger partial charge is 0.444 e. The van der Waals surface area contributed by atoms with Gasteiger partial charge in [-0.3, -0.25) is 0 Å². The number of nitrogens with zero attached hydrogens (tertiary/aromatic N) is 7. The number of rotatable bonds is 2. The number of carbonyl (C=O) groups excluding carboxylic acids is 1. The Balaban J connectivity index is 1.50. The van der Waals surface area contributed by atoms with Crippen LogP contribution in [0, 0.1) is 11.3 Å². The molecule has 1 amide bonds. The summed E-state index contributed by atoms with van der Waals surface area (Å²) in [4.78, 5) is 32.6. The molecule has 0 bridgehead atoms. The van der Waals surface area contributed by atoms with Gasteiger partial charge in [-0.1, -0.05) is 0 Å². The Kier molecular flexibility index (Phi) is 5.77. The van der Waals surface area contributed by atoms with Crippen LogP contribution in [0.5, 0.6) is 0 Å². The average Bonchev–Trinajstić information content (AvgIpc) is 3.15. The monoisotopic (exact) mass is 493 g/mol. The Morgan fingerprint density at radius 3 is 2.56 bits per heavy atom. The molecule has 36 heavy (non-hydrogen) atoms. The molecule has 10 heteroatoms. The molecule has 2 atom stereocenters. The number of alkyl halides is 1. The first-order valence-electron chi connectivity index (χ1n) is 12.4. The van der Waals surface area contributed by atoms with Crippen molar-refractivity contribution in [2.45, 2.75) is 76.7 Å². The molecule has 2 aromatic heterocycles. The van der Waals surface area contributed by atoms with E-state index in [4.69, 9.17) is 9.72 Å². The molecular formula is C26H32FN7O2. The van der Waals surface area contributed by atoms with E-state index < -0.39 is 17.2 Å². The minimum atomic E-state index is -0.871. The van der Waals surface area contributed by atoms with E-state index in [-0.39, 0.29) is 18.2 Å². The second-order valence-corrected chi connectivity index (χ2v) is 11.3. The van der Waals surface area contributed by atoms with Gasteiger partial charge in [0.2, 0.25) is 0 Å². The van der Waals surface area contributed by atoms with E-state index in [1.807, 2.05) is 32.6 Å². The van der Waals surface area contributed by atoms with Crippen molar-refractivity contribution in [2.75, 3.05) is 29.4 Å². The molecule has 2 aliphatic heterocycles. The number of halogens is 1. The first kappa shape index (κ1) is 24.2. The number of fused-ring (bicyclic) bond motifs is 2. The number of piperazine rings is 1. The molecule has 5 rings (SSSR count). The third-order valence-electron chi connectivity index (χ3n) is 7.32. The number of amides is 1. The smallest absolute Gasteiger partial charge is 0.410 e. The van der Waals surface area contributed by atoms with Gasteiger partial charge in [-0.2, -0.15) is 5.26 Å². The van der Waals surface area contributed by atoms with E-state index in [1.54, 1.807) is 23.2 Å². The SMILES string of the molecule is C[C@@H]1CN(c2ncnc3c2C2(CC(F)C2)CN3c2cc(C#N)ccn2)[C@@H](C)CN1C(=O)OC(C)(C)C. The number of hydrogen-bond donors (Lipinski definition) is 0. The Morgan fingerprint density at radius 2 is 1.89 bits per heavy atom. The van der Waals surface area contributed by atoms with Gasteiger partial charge >= 0.3 is 6.09 Å². The lowest BCUT2D eigenvalue weighted by molar-refractivity contribution is 0.0129. The quantitative estimate of drug-likeness (QED) is 0.617. The van der Waals surface area contributed by atoms with Gasteiger partial charge in [0.05, 0.1) is 11.6 Å². The van der Waals surface area contributed by atoms with Crippen molar-refractivity contribution in [2.24, 2.45) is 0 Å². The van der Waals surface area contributed by atoms with Crippen molar-refractivity contribution in [1.29, 1.82) is 5.26 Å². The van der Waals surface area contributed by atoms with Crippen LogP contribution in [0.1, 0.15) is 58.6 Å². The molecular weight excluding hydrogens is 461 g/mol. The predicted octanol–water partition coefficient (Wildman–Crippen LogP) is 4.10. The van der Waals surface area contributed by atoms with E-state index in [2.05, 4.69) is 27.9 Å². The van der Waals surface area contributed by atoms with Crippen LogP contribution < -0.4 is 9.80 Å². The van der Waals surface area contributed by atoms with Crippen molar-refractivity contribution in [1.82, 2.24) is 19.9 Å². The summed E-state index contributed by atoms with van der Waals surface area (Å²) in [5.74, 6) is 2.12. The molecule has 4 heterocycles. The Hall–Kier alpha value is -3.48. The fourth-order valence-corrected chi connectivity index (χ4v) is 5.66. The number of ether oxygens (including phenoxy) is 1. The van der Waals surface area contributed by atoms with Crippen molar-refractivity contribution in [3.63, 3.8) is 0 Å². The summed E-state index contributed by atoms with van der Waals surface area (Å²) in [5.41, 5.74) is 0.466. The topological polar surface area (TPSA) is 98.5 Å². The van der Waals surface area contributed by atoms with Crippen LogP contribution in [0.3, 0.4) is 0 Å². The standard InChI is InChI=1S/C26H32FN7O2/c1-16-13-33(24(35)36-25(3,4)5)17(2)12-32(16)22-21-23(31-15-30-22)34(14-26(21)9-19(27)10-26)20-8-18(11-28)6-7-29-20/h6-8,15-17,19H,9-10,12-14H2,1-5H3/t16-,17+,19?,26?/m0/s1. The van der Waals surface area contributed by atoms with Crippen molar-refractivity contribution < 1.29 is 13.9 Å². The summed E-state index contributed by atoms with van der Waals surface area (Å²) in [6.07, 6.45) is 2.76. The summed E-state index contributed by atoms with van der Waals surface area (Å²) in [6.45, 7) is 11.3. The fourth-order valence-electron chi connectivity index (χ4n) is 5.66. The maximum Gasteiger partial charge on any atom is 0.410 e. The maximum absolute atomic E-state index is 14.4. The maximum atomic E-state index is 14.4. The van der Waals surface area contributed by atoms with Crippen LogP contribution in [0.25, 0.3) is 0 Å². The summed E-state index contributed by atoms with van der Waals surface area (Å²) in [7, 11) is 0. The Morgan fingerprint density at radius 1 is 1.17 bits per heavy atom. The molecule has 0 unspecified atom stereocenters. The van der Waals surface area contributed by atoms with Gasteiger partial charge in [0.1, 0.15) is 35.6 Å². The van der Waals surface area contributed by atoms with Crippen LogP contribution >= 0.6 is 0 Å². The van der Waals surface area contributed by atoms with Gasteiger partial charge in [-0.15, -0.1) is 0 Å². The lowest BCUT2D eigenvalue weighted by atomic mass is 9.64. The normalized spacial score (nSPS) is 27.5. The fraction of sp³-hybridized carbons (Fsp3) is 0.577. The molecule has 0 radical (unpaired) electrons. The second-order valence-electron chi connectivity index (χ2n) is 11.3. The highest BCUT2D eigenvalue weighted by molar-refractivity contribution is 5.75. The number of aromatic nitrogens is 3. The molecule has 1 aliphatic carbocycles. The average molecular weight is 494 g/mol. The van der Waals surface area contributed by atoms with E-state index >= 15 is 0 Å². The first-order valence-corrected chi connectivity index (χ1v) is 12.4. The van der Waals surface area contributed by atoms with Crippen LogP contribution in [0.4, 0.5) is 26.6 Å². The van der Waals surface area contributed by atoms with Gasteiger partial charge in [0.15, 0.2) is 0 Å². The van der Waals surface area contributed by atoms with Gasteiger partial charge in [0, 0.05) is 48.9 Å². The summed E-state index contributed by atoms with van der Waals surface area (Å²) in [6, 6.07) is 5.44. The van der Waals surface area contributed by atoms with E-state index in [1.165, 1.54) is 6.33 Å². The van der Waals surface area contributed by atoms with Crippen LogP contribution in [0.15, 0.2) is 24.7 Å². The number of carbonyl (C=O) groups is 1. The molecule has 0 aromatic carbocycles. The predicted molar refractivity (Wildman–Crippen MR) is 133 cm³/mol. The zero-order chi connectivity index (χ0) is 25.8. The summed E-state index contributed by atoms with van der Waals surface area (Å²) < 4.78 is 20.0. The van der Waals surface area contributed by atoms with Crippen molar-refractivity contribution in [3.8, 4) is 6.07 Å². The van der Waals surface area contributed by atoms with Crippen LogP contribution in [0.2, 0.25) is 0 Å². The molecule has 190 valence electrons. The molecule has 9 nitrogen and oxygen atoms in total. The van der Waals surface area contributed by atoms with E-state index in [0.717, 1.165) is 11.4 Å². The van der Waals surface area contributed by atoms with Crippen LogP contribution in [-0.4, -0.2) is 69.4 Å². The minimum Gasteiger partial charge on any atom is -0.444 e.